The number of hydrogen-bond acceptors (Lipinski definition) is 6. The van der Waals surface area contributed by atoms with E-state index in [1.807, 2.05) is 0 Å². The lowest BCUT2D eigenvalue weighted by Gasteiger charge is -2.71. The molecule has 7 bridgehead atoms. The normalized spacial score (nSPS) is 65.1. The maximum Gasteiger partial charge on any atom is 0.0831 e. The molecule has 6 nitrogen and oxygen atoms in total. The van der Waals surface area contributed by atoms with Gasteiger partial charge in [0.15, 0.2) is 0 Å². The van der Waals surface area contributed by atoms with Crippen molar-refractivity contribution in [3.05, 3.63) is 0 Å². The second-order valence-corrected chi connectivity index (χ2v) is 11.5. The van der Waals surface area contributed by atoms with Crippen LogP contribution in [-0.4, -0.2) is 83.1 Å². The monoisotopic (exact) mass is 407 g/mol. The third-order valence-corrected chi connectivity index (χ3v) is 11.0. The van der Waals surface area contributed by atoms with Crippen LogP contribution in [0.5, 0.6) is 0 Å². The topological polar surface area (TPSA) is 82.4 Å². The van der Waals surface area contributed by atoms with E-state index in [1.54, 1.807) is 14.2 Å². The summed E-state index contributed by atoms with van der Waals surface area (Å²) in [6.07, 6.45) is 3.03. The first-order valence-electron chi connectivity index (χ1n) is 11.7. The van der Waals surface area contributed by atoms with Crippen molar-refractivity contribution in [3.63, 3.8) is 0 Å². The van der Waals surface area contributed by atoms with Gasteiger partial charge < -0.3 is 24.8 Å². The van der Waals surface area contributed by atoms with Crippen molar-refractivity contribution in [1.29, 1.82) is 0 Å². The number of aliphatic hydroxyl groups excluding tert-OH is 1. The lowest BCUT2D eigenvalue weighted by Crippen LogP contribution is -2.81. The summed E-state index contributed by atoms with van der Waals surface area (Å²) in [4.78, 5) is 2.55. The molecule has 29 heavy (non-hydrogen) atoms. The Morgan fingerprint density at radius 2 is 1.90 bits per heavy atom. The highest BCUT2D eigenvalue weighted by atomic mass is 16.5. The Kier molecular flexibility index (Phi) is 3.73. The molecule has 6 fully saturated rings. The lowest BCUT2D eigenvalue weighted by atomic mass is 9.41. The number of aliphatic hydroxyl groups is 3. The largest absolute Gasteiger partial charge is 0.392 e. The van der Waals surface area contributed by atoms with Gasteiger partial charge in [0.1, 0.15) is 0 Å². The maximum atomic E-state index is 12.7. The second kappa shape index (κ2) is 5.57. The van der Waals surface area contributed by atoms with E-state index in [1.165, 1.54) is 0 Å². The van der Waals surface area contributed by atoms with Gasteiger partial charge in [-0.25, -0.2) is 0 Å². The quantitative estimate of drug-likeness (QED) is 0.648. The third kappa shape index (κ3) is 1.78. The first-order chi connectivity index (χ1) is 13.7. The standard InChI is InChI=1S/C23H37NO5/c1-5-24-11-20(2)7-6-16(29-4)23-15(20)8-13(19(23)24)21(26)10-14(28-3)12-9-22(23,27)18(21)17(12)25/h12-19,25-27H,5-11H2,1-4H3/t12-,13+,14+,15-,16+,17+,18-,19?,20+,21+,22+,23+/m1/s1. The van der Waals surface area contributed by atoms with Crippen LogP contribution in [0.3, 0.4) is 0 Å². The number of ether oxygens (including phenoxy) is 2. The fraction of sp³-hybridized carbons (Fsp3) is 1.00. The molecule has 5 aliphatic carbocycles. The number of hydrogen-bond donors (Lipinski definition) is 3. The Balaban J connectivity index is 1.64. The summed E-state index contributed by atoms with van der Waals surface area (Å²) < 4.78 is 12.0. The van der Waals surface area contributed by atoms with Gasteiger partial charge >= 0.3 is 0 Å². The van der Waals surface area contributed by atoms with Crippen molar-refractivity contribution in [1.82, 2.24) is 4.90 Å². The predicted octanol–water partition coefficient (Wildman–Crippen LogP) is 1.02. The Bertz CT molecular complexity index is 734. The first kappa shape index (κ1) is 19.4. The summed E-state index contributed by atoms with van der Waals surface area (Å²) in [5, 5.41) is 36.3. The zero-order valence-corrected chi connectivity index (χ0v) is 18.2. The van der Waals surface area contributed by atoms with E-state index in [0.29, 0.717) is 18.8 Å². The molecule has 1 spiro atoms. The molecule has 6 rings (SSSR count). The summed E-state index contributed by atoms with van der Waals surface area (Å²) in [7, 11) is 3.47. The van der Waals surface area contributed by atoms with Gasteiger partial charge in [-0.1, -0.05) is 13.8 Å². The third-order valence-electron chi connectivity index (χ3n) is 11.0. The predicted molar refractivity (Wildman–Crippen MR) is 106 cm³/mol. The van der Waals surface area contributed by atoms with Crippen LogP contribution in [0.4, 0.5) is 0 Å². The zero-order chi connectivity index (χ0) is 20.6. The smallest absolute Gasteiger partial charge is 0.0831 e. The molecule has 0 aromatic rings. The fourth-order valence-electron chi connectivity index (χ4n) is 10.4. The number of piperidine rings is 1. The van der Waals surface area contributed by atoms with Crippen LogP contribution in [0.1, 0.15) is 46.0 Å². The van der Waals surface area contributed by atoms with Gasteiger partial charge in [0.05, 0.1) is 29.5 Å². The molecule has 1 unspecified atom stereocenters. The Morgan fingerprint density at radius 3 is 2.55 bits per heavy atom. The van der Waals surface area contributed by atoms with Gasteiger partial charge in [-0.15, -0.1) is 0 Å². The molecule has 12 atom stereocenters. The van der Waals surface area contributed by atoms with Crippen molar-refractivity contribution in [2.24, 2.45) is 34.5 Å². The molecule has 6 aliphatic rings. The fourth-order valence-corrected chi connectivity index (χ4v) is 10.4. The van der Waals surface area contributed by atoms with Crippen LogP contribution in [0.2, 0.25) is 0 Å². The molecule has 5 saturated carbocycles. The summed E-state index contributed by atoms with van der Waals surface area (Å²) in [6, 6.07) is 0.101. The average molecular weight is 408 g/mol. The Morgan fingerprint density at radius 1 is 1.14 bits per heavy atom. The number of nitrogens with zero attached hydrogens (tertiary/aromatic N) is 1. The summed E-state index contributed by atoms with van der Waals surface area (Å²) in [5.74, 6) is -0.264. The molecule has 0 amide bonds. The van der Waals surface area contributed by atoms with Gasteiger partial charge in [0.25, 0.3) is 0 Å². The van der Waals surface area contributed by atoms with E-state index in [-0.39, 0.29) is 35.5 Å². The zero-order valence-electron chi connectivity index (χ0n) is 18.2. The average Bonchev–Trinajstić information content (AvgIpc) is 3.09. The highest BCUT2D eigenvalue weighted by Crippen LogP contribution is 2.80. The minimum atomic E-state index is -1.13. The van der Waals surface area contributed by atoms with E-state index < -0.39 is 28.6 Å². The molecular weight excluding hydrogens is 370 g/mol. The summed E-state index contributed by atoms with van der Waals surface area (Å²) in [6.45, 7) is 6.55. The lowest BCUT2D eigenvalue weighted by molar-refractivity contribution is -0.324. The van der Waals surface area contributed by atoms with Gasteiger partial charge in [-0.2, -0.15) is 0 Å². The van der Waals surface area contributed by atoms with E-state index >= 15 is 0 Å². The minimum Gasteiger partial charge on any atom is -0.392 e. The van der Waals surface area contributed by atoms with Crippen molar-refractivity contribution in [3.8, 4) is 0 Å². The first-order valence-corrected chi connectivity index (χ1v) is 11.7. The van der Waals surface area contributed by atoms with Crippen molar-refractivity contribution in [2.75, 3.05) is 27.3 Å². The van der Waals surface area contributed by atoms with Crippen LogP contribution in [-0.2, 0) is 9.47 Å². The molecule has 0 radical (unpaired) electrons. The molecule has 3 N–H and O–H groups in total. The molecule has 1 heterocycles. The molecular formula is C23H37NO5. The molecule has 1 saturated heterocycles. The number of methoxy groups -OCH3 is 2. The van der Waals surface area contributed by atoms with Crippen LogP contribution in [0, 0.1) is 34.5 Å². The molecule has 164 valence electrons. The molecule has 0 aromatic heterocycles. The number of fused-ring (bicyclic) bond motifs is 2. The van der Waals surface area contributed by atoms with Crippen LogP contribution in [0.15, 0.2) is 0 Å². The Hall–Kier alpha value is -0.240. The van der Waals surface area contributed by atoms with Gasteiger partial charge in [0.2, 0.25) is 0 Å². The molecule has 0 aromatic carbocycles. The SMILES string of the molecule is CCN1C[C@]2(C)CC[C@H](OC)[C@]34C1[C@H](C[C@H]23)[C@@]1(O)C[C@H](OC)[C@H]2C[C@]4(O)[C@@H]1[C@H]2O. The summed E-state index contributed by atoms with van der Waals surface area (Å²) >= 11 is 0. The number of rotatable bonds is 3. The maximum absolute atomic E-state index is 12.7. The van der Waals surface area contributed by atoms with Gasteiger partial charge in [0, 0.05) is 56.4 Å². The number of likely N-dealkylation sites (tertiary alicyclic amines) is 1. The van der Waals surface area contributed by atoms with Crippen LogP contribution in [0.25, 0.3) is 0 Å². The van der Waals surface area contributed by atoms with E-state index in [0.717, 1.165) is 32.4 Å². The highest BCUT2D eigenvalue weighted by molar-refractivity contribution is 5.38. The minimum absolute atomic E-state index is 0.0352. The van der Waals surface area contributed by atoms with Crippen LogP contribution >= 0.6 is 0 Å². The summed E-state index contributed by atoms with van der Waals surface area (Å²) in [5.41, 5.74) is -2.53. The van der Waals surface area contributed by atoms with Gasteiger partial charge in [-0.3, -0.25) is 4.90 Å². The Labute approximate surface area is 173 Å². The van der Waals surface area contributed by atoms with E-state index in [9.17, 15) is 15.3 Å². The van der Waals surface area contributed by atoms with Crippen molar-refractivity contribution < 1.29 is 24.8 Å². The van der Waals surface area contributed by atoms with Crippen molar-refractivity contribution in [2.45, 2.75) is 81.5 Å². The van der Waals surface area contributed by atoms with Crippen molar-refractivity contribution >= 4 is 0 Å². The van der Waals surface area contributed by atoms with E-state index in [2.05, 4.69) is 18.7 Å². The molecule has 1 aliphatic heterocycles. The molecule has 6 heteroatoms. The van der Waals surface area contributed by atoms with Gasteiger partial charge in [-0.05, 0) is 43.6 Å². The van der Waals surface area contributed by atoms with E-state index in [4.69, 9.17) is 9.47 Å². The van der Waals surface area contributed by atoms with Crippen LogP contribution < -0.4 is 0 Å². The second-order valence-electron chi connectivity index (χ2n) is 11.5. The highest BCUT2D eigenvalue weighted by Gasteiger charge is 2.88.